The summed E-state index contributed by atoms with van der Waals surface area (Å²) >= 11 is 0. The van der Waals surface area contributed by atoms with Gasteiger partial charge in [0, 0.05) is 10.4 Å². The fourth-order valence-electron chi connectivity index (χ4n) is 0. The summed E-state index contributed by atoms with van der Waals surface area (Å²) in [6, 6.07) is 0. The minimum Gasteiger partial charge on any atom is -0.759 e. The molecule has 0 rings (SSSR count). The molecule has 0 saturated heterocycles. The molecular weight excluding hydrogens is 222 g/mol. The summed E-state index contributed by atoms with van der Waals surface area (Å²) in [5.41, 5.74) is 0. The van der Waals surface area contributed by atoms with Crippen molar-refractivity contribution in [3.05, 3.63) is 0 Å². The zero-order valence-electron chi connectivity index (χ0n) is 7.54. The van der Waals surface area contributed by atoms with Crippen LogP contribution in [0.4, 0.5) is 0 Å². The molecule has 0 bridgehead atoms. The Morgan fingerprint density at radius 1 is 0.571 bits per heavy atom. The van der Waals surface area contributed by atoms with Crippen molar-refractivity contribution in [1.29, 1.82) is 0 Å². The Morgan fingerprint density at radius 3 is 0.571 bits per heavy atom. The maximum absolute atomic E-state index is 8.52. The van der Waals surface area contributed by atoms with Crippen LogP contribution in [0.1, 0.15) is 0 Å². The van der Waals surface area contributed by atoms with Crippen molar-refractivity contribution < 1.29 is 93.6 Å². The van der Waals surface area contributed by atoms with Gasteiger partial charge in [-0.3, -0.25) is 8.42 Å². The summed E-state index contributed by atoms with van der Waals surface area (Å²) in [5.74, 6) is 0. The van der Waals surface area contributed by atoms with Crippen LogP contribution in [0, 0.1) is 0 Å². The first-order valence-electron chi connectivity index (χ1n) is 0.667. The number of hydrogen-bond donors (Lipinski definition) is 0. The Kier molecular flexibility index (Phi) is 429. The van der Waals surface area contributed by atoms with Crippen LogP contribution in [0.3, 0.4) is 0 Å². The van der Waals surface area contributed by atoms with Crippen LogP contribution in [0.5, 0.6) is 0 Å². The summed E-state index contributed by atoms with van der Waals surface area (Å²) in [6.45, 7) is 0. The van der Waals surface area contributed by atoms with E-state index >= 15 is 0 Å². The van der Waals surface area contributed by atoms with Crippen LogP contribution in [0.2, 0.25) is 0 Å². The molecule has 0 atom stereocenters. The molecule has 88 valence electrons. The summed E-state index contributed by atoms with van der Waals surface area (Å²) in [6.07, 6.45) is 0. The van der Waals surface area contributed by atoms with Crippen LogP contribution >= 0.6 is 0 Å². The standard InChI is InChI=1S/2Li.H2O4S.7H2O/c;;1-5(2,3)4;;;;;;;/h;;(H2,1,2,3,4);7*1H2/q2*+1;;;;;;;;/p-2. The van der Waals surface area contributed by atoms with E-state index in [1.165, 1.54) is 0 Å². The molecule has 0 aliphatic rings. The zero-order chi connectivity index (χ0) is 4.50. The van der Waals surface area contributed by atoms with Gasteiger partial charge in [0.1, 0.15) is 0 Å². The molecule has 0 aliphatic carbocycles. The molecule has 14 heavy (non-hydrogen) atoms. The van der Waals surface area contributed by atoms with Gasteiger partial charge in [0.15, 0.2) is 0 Å². The molecule has 0 fully saturated rings. The van der Waals surface area contributed by atoms with Gasteiger partial charge in [-0.25, -0.2) is 0 Å². The Labute approximate surface area is 104 Å². The van der Waals surface area contributed by atoms with E-state index in [0.717, 1.165) is 0 Å². The molecule has 11 nitrogen and oxygen atoms in total. The predicted molar refractivity (Wildman–Crippen MR) is 35.8 cm³/mol. The molecular formula is H14Li2O11S. The Balaban J connectivity index is -0.00000000222. The van der Waals surface area contributed by atoms with Crippen LogP contribution in [0.15, 0.2) is 0 Å². The SMILES string of the molecule is O.O.O.O.O.O.O.O=S(=O)([O-])[O-].[Li+].[Li+]. The van der Waals surface area contributed by atoms with Gasteiger partial charge in [0.05, 0.1) is 0 Å². The van der Waals surface area contributed by atoms with Gasteiger partial charge in [-0.2, -0.15) is 0 Å². The maximum Gasteiger partial charge on any atom is 1.00 e. The van der Waals surface area contributed by atoms with Crippen molar-refractivity contribution in [2.24, 2.45) is 0 Å². The fourth-order valence-corrected chi connectivity index (χ4v) is 0. The molecule has 0 aliphatic heterocycles. The van der Waals surface area contributed by atoms with E-state index in [1.807, 2.05) is 0 Å². The molecule has 0 radical (unpaired) electrons. The molecule has 0 aromatic carbocycles. The van der Waals surface area contributed by atoms with Crippen molar-refractivity contribution in [2.75, 3.05) is 0 Å². The van der Waals surface area contributed by atoms with Gasteiger partial charge in [0.25, 0.3) is 0 Å². The fraction of sp³-hybridized carbons (Fsp3) is 0. The van der Waals surface area contributed by atoms with Crippen LogP contribution < -0.4 is 37.7 Å². The van der Waals surface area contributed by atoms with E-state index < -0.39 is 10.4 Å². The predicted octanol–water partition coefficient (Wildman–Crippen LogP) is -13.1. The van der Waals surface area contributed by atoms with Gasteiger partial charge in [0.2, 0.25) is 0 Å². The van der Waals surface area contributed by atoms with E-state index in [9.17, 15) is 0 Å². The monoisotopic (exact) mass is 236 g/mol. The third kappa shape index (κ3) is 2880. The third-order valence-corrected chi connectivity index (χ3v) is 0. The second kappa shape index (κ2) is 48.9. The molecule has 0 amide bonds. The second-order valence-corrected chi connectivity index (χ2v) is 1.22. The summed E-state index contributed by atoms with van der Waals surface area (Å²) in [7, 11) is -5.17. The molecule has 0 unspecified atom stereocenters. The summed E-state index contributed by atoms with van der Waals surface area (Å²) < 4.78 is 34.1. The largest absolute Gasteiger partial charge is 1.00 e. The van der Waals surface area contributed by atoms with Crippen LogP contribution in [-0.4, -0.2) is 55.9 Å². The van der Waals surface area contributed by atoms with Gasteiger partial charge in [-0.05, 0) is 0 Å². The van der Waals surface area contributed by atoms with E-state index in [4.69, 9.17) is 17.5 Å². The van der Waals surface area contributed by atoms with E-state index in [2.05, 4.69) is 0 Å². The number of rotatable bonds is 0. The molecule has 0 heterocycles. The molecule has 14 N–H and O–H groups in total. The normalized spacial score (nSPS) is 4.14. The van der Waals surface area contributed by atoms with Crippen molar-refractivity contribution >= 4 is 10.4 Å². The Bertz CT molecular complexity index is 96.5. The van der Waals surface area contributed by atoms with Gasteiger partial charge in [-0.15, -0.1) is 0 Å². The molecule has 0 saturated carbocycles. The average Bonchev–Trinajstić information content (AvgIpc) is 0.722. The van der Waals surface area contributed by atoms with Crippen molar-refractivity contribution in [3.8, 4) is 0 Å². The molecule has 14 heteroatoms. The van der Waals surface area contributed by atoms with E-state index in [0.29, 0.717) is 0 Å². The zero-order valence-corrected chi connectivity index (χ0v) is 8.36. The Morgan fingerprint density at radius 2 is 0.571 bits per heavy atom. The van der Waals surface area contributed by atoms with Crippen LogP contribution in [0.25, 0.3) is 0 Å². The van der Waals surface area contributed by atoms with Crippen LogP contribution in [-0.2, 0) is 10.4 Å². The second-order valence-electron chi connectivity index (χ2n) is 0.408. The third-order valence-electron chi connectivity index (χ3n) is 0. The average molecular weight is 236 g/mol. The molecule has 0 aromatic rings. The first kappa shape index (κ1) is 123. The maximum atomic E-state index is 8.52. The summed E-state index contributed by atoms with van der Waals surface area (Å²) in [4.78, 5) is 0. The van der Waals surface area contributed by atoms with Gasteiger partial charge in [-0.1, -0.05) is 0 Å². The van der Waals surface area contributed by atoms with Crippen molar-refractivity contribution in [1.82, 2.24) is 0 Å². The minimum atomic E-state index is -5.17. The van der Waals surface area contributed by atoms with Crippen molar-refractivity contribution in [2.45, 2.75) is 0 Å². The minimum absolute atomic E-state index is 0. The smallest absolute Gasteiger partial charge is 0.759 e. The quantitative estimate of drug-likeness (QED) is 0.224. The molecule has 0 spiro atoms. The topological polar surface area (TPSA) is 301 Å². The van der Waals surface area contributed by atoms with E-state index in [-0.39, 0.29) is 76.1 Å². The first-order valence-corrected chi connectivity index (χ1v) is 2.00. The van der Waals surface area contributed by atoms with Crippen molar-refractivity contribution in [3.63, 3.8) is 0 Å². The van der Waals surface area contributed by atoms with E-state index in [1.54, 1.807) is 0 Å². The van der Waals surface area contributed by atoms with Gasteiger partial charge >= 0.3 is 37.7 Å². The first-order chi connectivity index (χ1) is 2.00. The summed E-state index contributed by atoms with van der Waals surface area (Å²) in [5, 5.41) is 0. The number of hydrogen-bond acceptors (Lipinski definition) is 4. The van der Waals surface area contributed by atoms with Gasteiger partial charge < -0.3 is 47.4 Å². The Hall–Kier alpha value is 0.785. The molecule has 0 aromatic heterocycles.